The SMILES string of the molecule is c1ccc(B2c3ccccc3B3c4ccccc4N(c4ccccc4)c4c5c(cc2c43)N(c2ccc(-c3nc(-c4ccccc4)nc(-c4ccccc4)n3)cc2)c2ccccc2S5)cc1. The van der Waals surface area contributed by atoms with E-state index in [1.807, 2.05) is 72.4 Å². The minimum Gasteiger partial charge on any atom is -0.310 e. The Morgan fingerprint density at radius 2 is 0.831 bits per heavy atom. The fourth-order valence-corrected chi connectivity index (χ4v) is 11.4. The van der Waals surface area contributed by atoms with Crippen LogP contribution in [0.1, 0.15) is 0 Å². The summed E-state index contributed by atoms with van der Waals surface area (Å²) in [5.74, 6) is 1.92. The zero-order valence-corrected chi connectivity index (χ0v) is 36.0. The molecule has 4 heterocycles. The van der Waals surface area contributed by atoms with Crippen LogP contribution in [-0.4, -0.2) is 28.4 Å². The molecule has 0 bridgehead atoms. The summed E-state index contributed by atoms with van der Waals surface area (Å²) in [6, 6.07) is 80.6. The lowest BCUT2D eigenvalue weighted by Gasteiger charge is -2.45. The van der Waals surface area contributed by atoms with Crippen LogP contribution in [0.15, 0.2) is 234 Å². The summed E-state index contributed by atoms with van der Waals surface area (Å²) in [5.41, 5.74) is 17.8. The number of anilines is 6. The molecule has 9 aromatic carbocycles. The van der Waals surface area contributed by atoms with Gasteiger partial charge in [0.05, 0.1) is 22.0 Å². The van der Waals surface area contributed by atoms with Crippen LogP contribution >= 0.6 is 11.8 Å². The Hall–Kier alpha value is -7.93. The molecule has 0 unspecified atom stereocenters. The van der Waals surface area contributed by atoms with Crippen molar-refractivity contribution in [3.63, 3.8) is 0 Å². The number of para-hydroxylation sites is 3. The summed E-state index contributed by atoms with van der Waals surface area (Å²) in [7, 11) is 0. The first-order chi connectivity index (χ1) is 32.3. The van der Waals surface area contributed by atoms with E-state index < -0.39 is 0 Å². The van der Waals surface area contributed by atoms with Crippen LogP contribution in [0.3, 0.4) is 0 Å². The number of benzene rings is 9. The Morgan fingerprint density at radius 3 is 1.46 bits per heavy atom. The summed E-state index contributed by atoms with van der Waals surface area (Å²) in [5, 5.41) is 0. The number of fused-ring (bicyclic) bond motifs is 7. The minimum absolute atomic E-state index is 0.0263. The van der Waals surface area contributed by atoms with Gasteiger partial charge in [-0.1, -0.05) is 197 Å². The second-order valence-electron chi connectivity index (χ2n) is 16.7. The van der Waals surface area contributed by atoms with Gasteiger partial charge >= 0.3 is 0 Å². The van der Waals surface area contributed by atoms with Crippen LogP contribution in [0.2, 0.25) is 0 Å². The lowest BCUT2D eigenvalue weighted by atomic mass is 9.20. The Bertz CT molecular complexity index is 3360. The van der Waals surface area contributed by atoms with Gasteiger partial charge in [-0.15, -0.1) is 0 Å². The topological polar surface area (TPSA) is 45.2 Å². The quantitative estimate of drug-likeness (QED) is 0.156. The summed E-state index contributed by atoms with van der Waals surface area (Å²) in [6.45, 7) is 0.0866. The summed E-state index contributed by atoms with van der Waals surface area (Å²) >= 11 is 1.88. The minimum atomic E-state index is 0.0263. The third kappa shape index (κ3) is 6.16. The molecule has 0 N–H and O–H groups in total. The van der Waals surface area contributed by atoms with Crippen molar-refractivity contribution in [2.24, 2.45) is 0 Å². The van der Waals surface area contributed by atoms with Crippen molar-refractivity contribution in [2.45, 2.75) is 9.79 Å². The first-order valence-corrected chi connectivity index (χ1v) is 22.9. The van der Waals surface area contributed by atoms with Gasteiger partial charge in [-0.25, -0.2) is 15.0 Å². The van der Waals surface area contributed by atoms with Gasteiger partial charge in [-0.2, -0.15) is 0 Å². The lowest BCUT2D eigenvalue weighted by molar-refractivity contribution is 1.07. The zero-order valence-electron chi connectivity index (χ0n) is 35.2. The third-order valence-electron chi connectivity index (χ3n) is 13.0. The number of hydrogen-bond acceptors (Lipinski definition) is 6. The molecule has 0 fully saturated rings. The molecule has 0 aliphatic carbocycles. The van der Waals surface area contributed by atoms with Gasteiger partial charge in [0.25, 0.3) is 0 Å². The molecule has 0 saturated carbocycles. The zero-order chi connectivity index (χ0) is 42.8. The average Bonchev–Trinajstić information content (AvgIpc) is 3.39. The standard InChI is InChI=1S/C57H37B2N5S/c1-5-19-38(20-6-1)55-60-56(39-21-7-2-8-22-39)62-57(61-55)40-33-35-43(36-34-40)63-49-31-17-18-32-51(49)65-54-50(63)37-47-52-53(54)64(42-25-11-4-12-26-42)48-30-16-15-29-46(48)59(52)45-28-14-13-27-44(45)58(47)41-23-9-3-10-24-41/h1-37H. The first-order valence-electron chi connectivity index (χ1n) is 22.1. The highest BCUT2D eigenvalue weighted by atomic mass is 32.2. The van der Waals surface area contributed by atoms with E-state index in [1.54, 1.807) is 0 Å². The number of nitrogens with zero attached hydrogens (tertiary/aromatic N) is 5. The van der Waals surface area contributed by atoms with Crippen LogP contribution in [-0.2, 0) is 0 Å². The third-order valence-corrected chi connectivity index (χ3v) is 14.2. The lowest BCUT2D eigenvalue weighted by Crippen LogP contribution is -2.76. The maximum atomic E-state index is 5.06. The second kappa shape index (κ2) is 15.4. The van der Waals surface area contributed by atoms with Crippen molar-refractivity contribution in [3.05, 3.63) is 224 Å². The summed E-state index contributed by atoms with van der Waals surface area (Å²) in [6.07, 6.45) is 0. The fourth-order valence-electron chi connectivity index (χ4n) is 10.2. The molecule has 302 valence electrons. The second-order valence-corrected chi connectivity index (χ2v) is 17.8. The van der Waals surface area contributed by atoms with Crippen LogP contribution in [0.4, 0.5) is 34.1 Å². The predicted octanol–water partition coefficient (Wildman–Crippen LogP) is 9.94. The van der Waals surface area contributed by atoms with Gasteiger partial charge < -0.3 is 9.80 Å². The summed E-state index contributed by atoms with van der Waals surface area (Å²) in [4.78, 5) is 22.5. The monoisotopic (exact) mass is 845 g/mol. The van der Waals surface area contributed by atoms with Gasteiger partial charge in [0.1, 0.15) is 0 Å². The largest absolute Gasteiger partial charge is 0.310 e. The van der Waals surface area contributed by atoms with E-state index in [2.05, 4.69) is 174 Å². The molecule has 1 aromatic heterocycles. The number of aromatic nitrogens is 3. The van der Waals surface area contributed by atoms with Crippen molar-refractivity contribution in [2.75, 3.05) is 9.80 Å². The Morgan fingerprint density at radius 1 is 0.354 bits per heavy atom. The molecule has 0 spiro atoms. The Kier molecular flexibility index (Phi) is 8.91. The Labute approximate surface area is 383 Å². The van der Waals surface area contributed by atoms with Gasteiger partial charge in [-0.05, 0) is 71.6 Å². The van der Waals surface area contributed by atoms with Crippen LogP contribution in [0.5, 0.6) is 0 Å². The molecule has 13 rings (SSSR count). The van der Waals surface area contributed by atoms with E-state index in [9.17, 15) is 0 Å². The van der Waals surface area contributed by atoms with Crippen LogP contribution in [0.25, 0.3) is 34.2 Å². The highest BCUT2D eigenvalue weighted by molar-refractivity contribution is 8.00. The van der Waals surface area contributed by atoms with E-state index in [4.69, 9.17) is 15.0 Å². The first kappa shape index (κ1) is 37.6. The molecule has 3 aliphatic heterocycles. The molecule has 0 radical (unpaired) electrons. The highest BCUT2D eigenvalue weighted by Gasteiger charge is 2.47. The molecule has 0 saturated heterocycles. The van der Waals surface area contributed by atoms with Crippen molar-refractivity contribution < 1.29 is 0 Å². The molecule has 3 aliphatic rings. The molecule has 10 aromatic rings. The van der Waals surface area contributed by atoms with Gasteiger partial charge in [-0.3, -0.25) is 0 Å². The molecule has 65 heavy (non-hydrogen) atoms. The van der Waals surface area contributed by atoms with Gasteiger partial charge in [0.2, 0.25) is 13.4 Å². The van der Waals surface area contributed by atoms with E-state index in [-0.39, 0.29) is 13.4 Å². The van der Waals surface area contributed by atoms with Crippen LogP contribution in [0, 0.1) is 0 Å². The molecular weight excluding hydrogens is 808 g/mol. The molecule has 8 heteroatoms. The Balaban J connectivity index is 1.05. The molecule has 5 nitrogen and oxygen atoms in total. The normalized spacial score (nSPS) is 13.0. The maximum Gasteiger partial charge on any atom is 0.245 e. The average molecular weight is 846 g/mol. The van der Waals surface area contributed by atoms with E-state index >= 15 is 0 Å². The summed E-state index contributed by atoms with van der Waals surface area (Å²) < 4.78 is 0. The molecule has 0 atom stereocenters. The predicted molar refractivity (Wildman–Crippen MR) is 272 cm³/mol. The van der Waals surface area contributed by atoms with Gasteiger partial charge in [0, 0.05) is 38.6 Å². The smallest absolute Gasteiger partial charge is 0.245 e. The van der Waals surface area contributed by atoms with Crippen molar-refractivity contribution in [3.8, 4) is 34.2 Å². The van der Waals surface area contributed by atoms with E-state index in [0.29, 0.717) is 17.5 Å². The van der Waals surface area contributed by atoms with Crippen LogP contribution < -0.4 is 42.6 Å². The molecular formula is C57H37B2N5S. The van der Waals surface area contributed by atoms with E-state index in [0.717, 1.165) is 39.4 Å². The van der Waals surface area contributed by atoms with E-state index in [1.165, 1.54) is 53.9 Å². The van der Waals surface area contributed by atoms with Crippen molar-refractivity contribution in [1.82, 2.24) is 15.0 Å². The maximum absolute atomic E-state index is 5.06. The number of rotatable bonds is 6. The number of hydrogen-bond donors (Lipinski definition) is 0. The highest BCUT2D eigenvalue weighted by Crippen LogP contribution is 2.56. The van der Waals surface area contributed by atoms with Gasteiger partial charge in [0.15, 0.2) is 17.5 Å². The van der Waals surface area contributed by atoms with Crippen molar-refractivity contribution >= 4 is 92.1 Å². The molecule has 0 amide bonds. The fraction of sp³-hybridized carbons (Fsp3) is 0. The van der Waals surface area contributed by atoms with Crippen molar-refractivity contribution in [1.29, 1.82) is 0 Å².